The Bertz CT molecular complexity index is 586. The van der Waals surface area contributed by atoms with Crippen molar-refractivity contribution in [2.24, 2.45) is 0 Å². The number of aryl methyl sites for hydroxylation is 1. The zero-order valence-corrected chi connectivity index (χ0v) is 15.5. The summed E-state index contributed by atoms with van der Waals surface area (Å²) in [4.78, 5) is 16.9. The molecule has 0 unspecified atom stereocenters. The van der Waals surface area contributed by atoms with E-state index in [1.165, 1.54) is 11.1 Å². The van der Waals surface area contributed by atoms with Gasteiger partial charge < -0.3 is 9.64 Å². The third-order valence-corrected chi connectivity index (χ3v) is 5.43. The lowest BCUT2D eigenvalue weighted by molar-refractivity contribution is -0.216. The van der Waals surface area contributed by atoms with Crippen LogP contribution >= 0.6 is 0 Å². The number of ether oxygens (including phenoxy) is 1. The van der Waals surface area contributed by atoms with Gasteiger partial charge >= 0.3 is 0 Å². The lowest BCUT2D eigenvalue weighted by Crippen LogP contribution is -2.65. The van der Waals surface area contributed by atoms with Crippen molar-refractivity contribution >= 4 is 5.91 Å². The van der Waals surface area contributed by atoms with Crippen LogP contribution in [0, 0.1) is 6.92 Å². The number of piperidine rings is 1. The summed E-state index contributed by atoms with van der Waals surface area (Å²) in [5.41, 5.74) is 1.80. The Kier molecular flexibility index (Phi) is 4.71. The zero-order valence-electron chi connectivity index (χ0n) is 15.5. The van der Waals surface area contributed by atoms with Crippen molar-refractivity contribution in [1.82, 2.24) is 9.80 Å². The molecule has 0 N–H and O–H groups in total. The van der Waals surface area contributed by atoms with Crippen LogP contribution in [0.3, 0.4) is 0 Å². The third kappa shape index (κ3) is 3.50. The Morgan fingerprint density at radius 3 is 2.33 bits per heavy atom. The van der Waals surface area contributed by atoms with Crippen molar-refractivity contribution in [1.29, 1.82) is 0 Å². The summed E-state index contributed by atoms with van der Waals surface area (Å²) >= 11 is 0. The molecule has 2 saturated heterocycles. The molecular weight excluding hydrogens is 300 g/mol. The van der Waals surface area contributed by atoms with Crippen LogP contribution < -0.4 is 0 Å². The number of likely N-dealkylation sites (N-methyl/N-ethyl adjacent to an activating group) is 1. The number of morpholine rings is 1. The van der Waals surface area contributed by atoms with Crippen LogP contribution in [0.2, 0.25) is 0 Å². The van der Waals surface area contributed by atoms with Crippen molar-refractivity contribution < 1.29 is 9.53 Å². The van der Waals surface area contributed by atoms with Gasteiger partial charge in [-0.2, -0.15) is 0 Å². The highest BCUT2D eigenvalue weighted by Crippen LogP contribution is 2.37. The summed E-state index contributed by atoms with van der Waals surface area (Å²) in [5.74, 6) is 0.123. The molecule has 2 aliphatic rings. The molecule has 1 spiro atoms. The number of likely N-dealkylation sites (tertiary alicyclic amines) is 1. The number of carbonyl (C=O) groups excluding carboxylic acids is 1. The molecule has 132 valence electrons. The van der Waals surface area contributed by atoms with Crippen LogP contribution in [-0.2, 0) is 16.1 Å². The molecule has 0 radical (unpaired) electrons. The molecule has 0 bridgehead atoms. The summed E-state index contributed by atoms with van der Waals surface area (Å²) in [6, 6.07) is 8.80. The van der Waals surface area contributed by atoms with Crippen LogP contribution in [0.5, 0.6) is 0 Å². The highest BCUT2D eigenvalue weighted by molar-refractivity contribution is 5.85. The van der Waals surface area contributed by atoms with Crippen molar-refractivity contribution in [2.45, 2.75) is 58.3 Å². The Balaban J connectivity index is 1.63. The maximum Gasteiger partial charge on any atom is 0.254 e. The second-order valence-corrected chi connectivity index (χ2v) is 7.88. The van der Waals surface area contributed by atoms with Gasteiger partial charge in [-0.15, -0.1) is 0 Å². The van der Waals surface area contributed by atoms with E-state index in [2.05, 4.69) is 43.0 Å². The van der Waals surface area contributed by atoms with Crippen molar-refractivity contribution in [3.05, 3.63) is 35.4 Å². The summed E-state index contributed by atoms with van der Waals surface area (Å²) in [6.45, 7) is 12.6. The van der Waals surface area contributed by atoms with Gasteiger partial charge in [0.2, 0.25) is 0 Å². The van der Waals surface area contributed by atoms with Crippen LogP contribution in [0.25, 0.3) is 0 Å². The Morgan fingerprint density at radius 1 is 1.12 bits per heavy atom. The van der Waals surface area contributed by atoms with Gasteiger partial charge in [0.05, 0.1) is 5.60 Å². The third-order valence-electron chi connectivity index (χ3n) is 5.43. The fraction of sp³-hybridized carbons (Fsp3) is 0.650. The lowest BCUT2D eigenvalue weighted by atomic mass is 9.86. The first kappa shape index (κ1) is 17.4. The molecule has 2 aliphatic heterocycles. The number of carbonyl (C=O) groups is 1. The van der Waals surface area contributed by atoms with Crippen molar-refractivity contribution in [3.8, 4) is 0 Å². The van der Waals surface area contributed by atoms with E-state index in [0.29, 0.717) is 0 Å². The topological polar surface area (TPSA) is 32.8 Å². The van der Waals surface area contributed by atoms with Gasteiger partial charge in [0.15, 0.2) is 0 Å². The van der Waals surface area contributed by atoms with E-state index in [0.717, 1.165) is 45.6 Å². The zero-order chi connectivity index (χ0) is 17.4. The maximum absolute atomic E-state index is 12.4. The smallest absolute Gasteiger partial charge is 0.254 e. The average Bonchev–Trinajstić information content (AvgIpc) is 2.55. The Hall–Kier alpha value is -1.39. The minimum absolute atomic E-state index is 0.123. The molecule has 2 fully saturated rings. The van der Waals surface area contributed by atoms with Gasteiger partial charge in [-0.25, -0.2) is 0 Å². The summed E-state index contributed by atoms with van der Waals surface area (Å²) < 4.78 is 6.34. The van der Waals surface area contributed by atoms with Gasteiger partial charge in [0.25, 0.3) is 5.91 Å². The van der Waals surface area contributed by atoms with Gasteiger partial charge in [0.1, 0.15) is 5.60 Å². The fourth-order valence-corrected chi connectivity index (χ4v) is 4.00. The summed E-state index contributed by atoms with van der Waals surface area (Å²) in [5, 5.41) is 0. The van der Waals surface area contributed by atoms with E-state index in [1.807, 2.05) is 18.7 Å². The largest absolute Gasteiger partial charge is 0.357 e. The molecule has 0 saturated carbocycles. The van der Waals surface area contributed by atoms with E-state index in [-0.39, 0.29) is 11.5 Å². The van der Waals surface area contributed by atoms with Gasteiger partial charge in [-0.1, -0.05) is 29.8 Å². The van der Waals surface area contributed by atoms with Crippen molar-refractivity contribution in [3.63, 3.8) is 0 Å². The number of benzene rings is 1. The molecule has 4 nitrogen and oxygen atoms in total. The molecular formula is C20H30N2O2. The van der Waals surface area contributed by atoms with Crippen molar-refractivity contribution in [2.75, 3.05) is 26.2 Å². The number of hydrogen-bond donors (Lipinski definition) is 0. The van der Waals surface area contributed by atoms with Gasteiger partial charge in [-0.05, 0) is 46.1 Å². The number of hydrogen-bond acceptors (Lipinski definition) is 3. The van der Waals surface area contributed by atoms with Crippen LogP contribution in [0.15, 0.2) is 24.3 Å². The highest BCUT2D eigenvalue weighted by Gasteiger charge is 2.50. The average molecular weight is 330 g/mol. The molecule has 1 aromatic carbocycles. The first-order valence-electron chi connectivity index (χ1n) is 9.11. The van der Waals surface area contributed by atoms with E-state index >= 15 is 0 Å². The lowest BCUT2D eigenvalue weighted by Gasteiger charge is -2.52. The predicted molar refractivity (Wildman–Crippen MR) is 95.8 cm³/mol. The SMILES string of the molecule is CCN1CC2(CCN(Cc3ccc(C)cc3)CC2)OC(C)(C)C1=O. The number of amides is 1. The molecule has 0 aromatic heterocycles. The molecule has 0 atom stereocenters. The van der Waals surface area contributed by atoms with Gasteiger partial charge in [0, 0.05) is 32.7 Å². The normalized spacial score (nSPS) is 23.7. The fourth-order valence-electron chi connectivity index (χ4n) is 4.00. The minimum atomic E-state index is -0.701. The maximum atomic E-state index is 12.4. The van der Waals surface area contributed by atoms with Crippen LogP contribution in [-0.4, -0.2) is 53.1 Å². The quantitative estimate of drug-likeness (QED) is 0.854. The number of nitrogens with zero attached hydrogens (tertiary/aromatic N) is 2. The standard InChI is InChI=1S/C20H30N2O2/c1-5-22-15-20(24-19(3,4)18(22)23)10-12-21(13-11-20)14-17-8-6-16(2)7-9-17/h6-9H,5,10-15H2,1-4H3. The molecule has 4 heteroatoms. The Labute approximate surface area is 145 Å². The van der Waals surface area contributed by atoms with E-state index in [9.17, 15) is 4.79 Å². The first-order valence-corrected chi connectivity index (χ1v) is 9.11. The molecule has 3 rings (SSSR count). The summed E-state index contributed by atoms with van der Waals surface area (Å²) in [7, 11) is 0. The first-order chi connectivity index (χ1) is 11.3. The van der Waals surface area contributed by atoms with Crippen LogP contribution in [0.1, 0.15) is 44.7 Å². The minimum Gasteiger partial charge on any atom is -0.357 e. The molecule has 24 heavy (non-hydrogen) atoms. The number of rotatable bonds is 3. The molecule has 2 heterocycles. The molecule has 1 amide bonds. The second kappa shape index (κ2) is 6.49. The van der Waals surface area contributed by atoms with E-state index in [4.69, 9.17) is 4.74 Å². The van der Waals surface area contributed by atoms with Crippen LogP contribution in [0.4, 0.5) is 0 Å². The van der Waals surface area contributed by atoms with E-state index in [1.54, 1.807) is 0 Å². The van der Waals surface area contributed by atoms with E-state index < -0.39 is 5.60 Å². The molecule has 0 aliphatic carbocycles. The summed E-state index contributed by atoms with van der Waals surface area (Å²) in [6.07, 6.45) is 1.98. The second-order valence-electron chi connectivity index (χ2n) is 7.88. The monoisotopic (exact) mass is 330 g/mol. The molecule has 1 aromatic rings. The Morgan fingerprint density at radius 2 is 1.75 bits per heavy atom. The van der Waals surface area contributed by atoms with Gasteiger partial charge in [-0.3, -0.25) is 9.69 Å². The predicted octanol–water partition coefficient (Wildman–Crippen LogP) is 2.99. The highest BCUT2D eigenvalue weighted by atomic mass is 16.5.